The summed E-state index contributed by atoms with van der Waals surface area (Å²) in [5.74, 6) is 0. The smallest absolute Gasteiger partial charge is 0.412 e. The highest BCUT2D eigenvalue weighted by molar-refractivity contribution is 5.85. The summed E-state index contributed by atoms with van der Waals surface area (Å²) in [4.78, 5) is 11.7. The summed E-state index contributed by atoms with van der Waals surface area (Å²) in [7, 11) is 0. The first kappa shape index (κ1) is 15.3. The highest BCUT2D eigenvalue weighted by Crippen LogP contribution is 2.27. The van der Waals surface area contributed by atoms with E-state index < -0.39 is 11.7 Å². The Kier molecular flexibility index (Phi) is 4.13. The molecule has 0 heterocycles. The standard InChI is InChI=1S/C15H24N2O2/c1-14(2,3)10-7-11(16)9-12(8-10)17-13(18)19-15(4,5)6/h7-9H,16H2,1-6H3,(H,17,18). The zero-order valence-corrected chi connectivity index (χ0v) is 12.6. The molecule has 4 heteroatoms. The largest absolute Gasteiger partial charge is 0.444 e. The van der Waals surface area contributed by atoms with Gasteiger partial charge in [-0.3, -0.25) is 5.32 Å². The molecule has 3 N–H and O–H groups in total. The van der Waals surface area contributed by atoms with Gasteiger partial charge in [0.2, 0.25) is 0 Å². The van der Waals surface area contributed by atoms with Crippen LogP contribution in [0.3, 0.4) is 0 Å². The van der Waals surface area contributed by atoms with E-state index in [0.717, 1.165) is 5.56 Å². The predicted octanol–water partition coefficient (Wildman–Crippen LogP) is 3.91. The lowest BCUT2D eigenvalue weighted by molar-refractivity contribution is 0.0636. The van der Waals surface area contributed by atoms with Gasteiger partial charge in [-0.15, -0.1) is 0 Å². The van der Waals surface area contributed by atoms with Crippen LogP contribution in [0.15, 0.2) is 18.2 Å². The van der Waals surface area contributed by atoms with E-state index in [4.69, 9.17) is 10.5 Å². The van der Waals surface area contributed by atoms with Crippen LogP contribution in [0.1, 0.15) is 47.1 Å². The zero-order valence-electron chi connectivity index (χ0n) is 12.6. The molecule has 0 saturated carbocycles. The van der Waals surface area contributed by atoms with E-state index in [1.165, 1.54) is 0 Å². The molecule has 0 aliphatic rings. The van der Waals surface area contributed by atoms with Crippen molar-refractivity contribution in [3.05, 3.63) is 23.8 Å². The Morgan fingerprint density at radius 2 is 1.68 bits per heavy atom. The molecular formula is C15H24N2O2. The zero-order chi connectivity index (χ0) is 14.8. The Balaban J connectivity index is 2.91. The van der Waals surface area contributed by atoms with E-state index in [-0.39, 0.29) is 5.41 Å². The Hall–Kier alpha value is -1.71. The van der Waals surface area contributed by atoms with Crippen LogP contribution in [0.4, 0.5) is 16.2 Å². The first-order valence-corrected chi connectivity index (χ1v) is 6.38. The van der Waals surface area contributed by atoms with Gasteiger partial charge >= 0.3 is 6.09 Å². The lowest BCUT2D eigenvalue weighted by Crippen LogP contribution is -2.27. The molecule has 0 aromatic heterocycles. The van der Waals surface area contributed by atoms with E-state index in [0.29, 0.717) is 11.4 Å². The number of carbonyl (C=O) groups excluding carboxylic acids is 1. The first-order valence-electron chi connectivity index (χ1n) is 6.38. The SMILES string of the molecule is CC(C)(C)OC(=O)Nc1cc(N)cc(C(C)(C)C)c1. The molecule has 0 aliphatic carbocycles. The van der Waals surface area contributed by atoms with E-state index in [1.54, 1.807) is 6.07 Å². The molecule has 0 radical (unpaired) electrons. The molecule has 106 valence electrons. The van der Waals surface area contributed by atoms with Crippen LogP contribution >= 0.6 is 0 Å². The average molecular weight is 264 g/mol. The fourth-order valence-corrected chi connectivity index (χ4v) is 1.58. The molecule has 0 spiro atoms. The lowest BCUT2D eigenvalue weighted by atomic mass is 9.86. The van der Waals surface area contributed by atoms with Crippen molar-refractivity contribution in [2.45, 2.75) is 52.6 Å². The molecule has 1 amide bonds. The van der Waals surface area contributed by atoms with E-state index >= 15 is 0 Å². The third-order valence-corrected chi connectivity index (χ3v) is 2.47. The quantitative estimate of drug-likeness (QED) is 0.756. The number of hydrogen-bond donors (Lipinski definition) is 2. The normalized spacial score (nSPS) is 12.1. The van der Waals surface area contributed by atoms with Crippen LogP contribution in [-0.4, -0.2) is 11.7 Å². The van der Waals surface area contributed by atoms with Crippen LogP contribution in [-0.2, 0) is 10.2 Å². The van der Waals surface area contributed by atoms with Gasteiger partial charge in [0.05, 0.1) is 0 Å². The summed E-state index contributed by atoms with van der Waals surface area (Å²) in [6.07, 6.45) is -0.474. The van der Waals surface area contributed by atoms with Crippen molar-refractivity contribution < 1.29 is 9.53 Å². The van der Waals surface area contributed by atoms with Gasteiger partial charge in [0.15, 0.2) is 0 Å². The minimum Gasteiger partial charge on any atom is -0.444 e. The molecule has 0 saturated heterocycles. The number of benzene rings is 1. The third-order valence-electron chi connectivity index (χ3n) is 2.47. The highest BCUT2D eigenvalue weighted by atomic mass is 16.6. The van der Waals surface area contributed by atoms with Crippen molar-refractivity contribution >= 4 is 17.5 Å². The van der Waals surface area contributed by atoms with Gasteiger partial charge < -0.3 is 10.5 Å². The fourth-order valence-electron chi connectivity index (χ4n) is 1.58. The van der Waals surface area contributed by atoms with Crippen molar-refractivity contribution in [3.63, 3.8) is 0 Å². The predicted molar refractivity (Wildman–Crippen MR) is 79.4 cm³/mol. The van der Waals surface area contributed by atoms with Gasteiger partial charge in [-0.05, 0) is 49.9 Å². The van der Waals surface area contributed by atoms with Gasteiger partial charge in [0.1, 0.15) is 5.60 Å². The molecule has 19 heavy (non-hydrogen) atoms. The summed E-state index contributed by atoms with van der Waals surface area (Å²) >= 11 is 0. The molecule has 0 atom stereocenters. The lowest BCUT2D eigenvalue weighted by Gasteiger charge is -2.22. The molecule has 1 rings (SSSR count). The molecular weight excluding hydrogens is 240 g/mol. The van der Waals surface area contributed by atoms with Crippen LogP contribution < -0.4 is 11.1 Å². The monoisotopic (exact) mass is 264 g/mol. The Bertz CT molecular complexity index is 468. The van der Waals surface area contributed by atoms with Crippen LogP contribution in [0.2, 0.25) is 0 Å². The van der Waals surface area contributed by atoms with Gasteiger partial charge in [-0.1, -0.05) is 20.8 Å². The number of ether oxygens (including phenoxy) is 1. The second kappa shape index (κ2) is 5.11. The topological polar surface area (TPSA) is 64.3 Å². The maximum atomic E-state index is 11.7. The molecule has 1 aromatic carbocycles. The number of nitrogen functional groups attached to an aromatic ring is 1. The second-order valence-corrected chi connectivity index (χ2v) is 6.72. The van der Waals surface area contributed by atoms with Crippen LogP contribution in [0, 0.1) is 0 Å². The number of rotatable bonds is 1. The van der Waals surface area contributed by atoms with Crippen molar-refractivity contribution in [3.8, 4) is 0 Å². The molecule has 1 aromatic rings. The number of nitrogens with two attached hydrogens (primary N) is 1. The van der Waals surface area contributed by atoms with Gasteiger partial charge in [0, 0.05) is 11.4 Å². The molecule has 0 unspecified atom stereocenters. The van der Waals surface area contributed by atoms with Crippen molar-refractivity contribution in [2.75, 3.05) is 11.1 Å². The van der Waals surface area contributed by atoms with Gasteiger partial charge in [-0.25, -0.2) is 4.79 Å². The molecule has 4 nitrogen and oxygen atoms in total. The number of carbonyl (C=O) groups is 1. The second-order valence-electron chi connectivity index (χ2n) is 6.72. The van der Waals surface area contributed by atoms with Crippen LogP contribution in [0.25, 0.3) is 0 Å². The summed E-state index contributed by atoms with van der Waals surface area (Å²) in [6.45, 7) is 11.8. The minimum atomic E-state index is -0.517. The molecule has 0 aliphatic heterocycles. The molecule has 0 bridgehead atoms. The van der Waals surface area contributed by atoms with Crippen LogP contribution in [0.5, 0.6) is 0 Å². The number of anilines is 2. The third kappa shape index (κ3) is 5.20. The Morgan fingerprint density at radius 3 is 2.16 bits per heavy atom. The maximum absolute atomic E-state index is 11.7. The van der Waals surface area contributed by atoms with E-state index in [1.807, 2.05) is 32.9 Å². The summed E-state index contributed by atoms with van der Waals surface area (Å²) < 4.78 is 5.22. The first-order chi connectivity index (χ1) is 8.47. The Morgan fingerprint density at radius 1 is 1.11 bits per heavy atom. The van der Waals surface area contributed by atoms with Crippen molar-refractivity contribution in [1.29, 1.82) is 0 Å². The fraction of sp³-hybridized carbons (Fsp3) is 0.533. The van der Waals surface area contributed by atoms with E-state index in [9.17, 15) is 4.79 Å². The maximum Gasteiger partial charge on any atom is 0.412 e. The summed E-state index contributed by atoms with van der Waals surface area (Å²) in [5, 5.41) is 2.71. The minimum absolute atomic E-state index is 0.0280. The number of amides is 1. The van der Waals surface area contributed by atoms with Crippen molar-refractivity contribution in [2.24, 2.45) is 0 Å². The molecule has 0 fully saturated rings. The summed E-state index contributed by atoms with van der Waals surface area (Å²) in [6, 6.07) is 5.56. The van der Waals surface area contributed by atoms with Crippen molar-refractivity contribution in [1.82, 2.24) is 0 Å². The summed E-state index contributed by atoms with van der Waals surface area (Å²) in [5.41, 5.74) is 7.67. The number of nitrogens with one attached hydrogen (secondary N) is 1. The van der Waals surface area contributed by atoms with Gasteiger partial charge in [0.25, 0.3) is 0 Å². The average Bonchev–Trinajstić information content (AvgIpc) is 2.11. The van der Waals surface area contributed by atoms with E-state index in [2.05, 4.69) is 26.1 Å². The highest BCUT2D eigenvalue weighted by Gasteiger charge is 2.18. The van der Waals surface area contributed by atoms with Gasteiger partial charge in [-0.2, -0.15) is 0 Å². The number of hydrogen-bond acceptors (Lipinski definition) is 3. The Labute approximate surface area is 115 Å².